The number of rotatable bonds is 1. The quantitative estimate of drug-likeness (QED) is 0.697. The Balaban J connectivity index is 2.21. The third kappa shape index (κ3) is 1.63. The predicted molar refractivity (Wildman–Crippen MR) is 58.8 cm³/mol. The van der Waals surface area contributed by atoms with Gasteiger partial charge in [0.15, 0.2) is 0 Å². The third-order valence-electron chi connectivity index (χ3n) is 3.66. The minimum absolute atomic E-state index is 0.284. The first-order chi connectivity index (χ1) is 7.29. The van der Waals surface area contributed by atoms with Crippen LogP contribution in [0.1, 0.15) is 40.0 Å². The van der Waals surface area contributed by atoms with Crippen LogP contribution < -0.4 is 5.32 Å². The van der Waals surface area contributed by atoms with Gasteiger partial charge in [-0.2, -0.15) is 0 Å². The summed E-state index contributed by atoms with van der Waals surface area (Å²) < 4.78 is 20.0. The fourth-order valence-electron chi connectivity index (χ4n) is 2.84. The molecular formula is C12H20FNO2. The second kappa shape index (κ2) is 3.42. The maximum absolute atomic E-state index is 14.6. The van der Waals surface area contributed by atoms with Crippen LogP contribution in [0.25, 0.3) is 0 Å². The van der Waals surface area contributed by atoms with E-state index in [0.29, 0.717) is 19.4 Å². The molecule has 1 aliphatic carbocycles. The van der Waals surface area contributed by atoms with Crippen LogP contribution in [0.15, 0.2) is 0 Å². The second-order valence-electron chi connectivity index (χ2n) is 6.01. The number of nitrogens with one attached hydrogen (secondary N) is 1. The second-order valence-corrected chi connectivity index (χ2v) is 6.01. The first kappa shape index (κ1) is 11.8. The van der Waals surface area contributed by atoms with Crippen LogP contribution in [0.5, 0.6) is 0 Å². The number of fused-ring (bicyclic) bond motifs is 1. The monoisotopic (exact) mass is 229 g/mol. The molecule has 16 heavy (non-hydrogen) atoms. The van der Waals surface area contributed by atoms with Gasteiger partial charge in [0.05, 0.1) is 0 Å². The maximum Gasteiger partial charge on any atom is 0.317 e. The Morgan fingerprint density at radius 2 is 2.00 bits per heavy atom. The lowest BCUT2D eigenvalue weighted by Crippen LogP contribution is -2.48. The molecule has 4 heteroatoms. The summed E-state index contributed by atoms with van der Waals surface area (Å²) in [7, 11) is 0. The summed E-state index contributed by atoms with van der Waals surface area (Å²) in [4.78, 5) is 12.2. The zero-order valence-corrected chi connectivity index (χ0v) is 10.2. The molecule has 2 aliphatic rings. The summed E-state index contributed by atoms with van der Waals surface area (Å²) >= 11 is 0. The van der Waals surface area contributed by atoms with E-state index in [1.807, 2.05) is 20.8 Å². The van der Waals surface area contributed by atoms with Gasteiger partial charge in [-0.05, 0) is 40.0 Å². The fourth-order valence-corrected chi connectivity index (χ4v) is 2.84. The van der Waals surface area contributed by atoms with E-state index in [9.17, 15) is 9.18 Å². The lowest BCUT2D eigenvalue weighted by atomic mass is 9.78. The highest BCUT2D eigenvalue weighted by atomic mass is 19.1. The van der Waals surface area contributed by atoms with E-state index >= 15 is 0 Å². The van der Waals surface area contributed by atoms with Crippen molar-refractivity contribution in [2.24, 2.45) is 5.41 Å². The summed E-state index contributed by atoms with van der Waals surface area (Å²) in [6.45, 7) is 6.15. The summed E-state index contributed by atoms with van der Waals surface area (Å²) in [6, 6.07) is 0. The molecule has 0 spiro atoms. The Morgan fingerprint density at radius 3 is 2.62 bits per heavy atom. The lowest BCUT2D eigenvalue weighted by Gasteiger charge is -2.33. The molecule has 0 unspecified atom stereocenters. The van der Waals surface area contributed by atoms with Gasteiger partial charge in [-0.15, -0.1) is 0 Å². The van der Waals surface area contributed by atoms with Crippen molar-refractivity contribution in [1.29, 1.82) is 0 Å². The summed E-state index contributed by atoms with van der Waals surface area (Å²) in [5.74, 6) is -0.370. The minimum atomic E-state index is -1.39. The van der Waals surface area contributed by atoms with Crippen LogP contribution in [0.2, 0.25) is 0 Å². The average molecular weight is 229 g/mol. The molecule has 1 saturated heterocycles. The van der Waals surface area contributed by atoms with E-state index in [1.54, 1.807) is 0 Å². The molecule has 0 aromatic carbocycles. The molecular weight excluding hydrogens is 209 g/mol. The van der Waals surface area contributed by atoms with Gasteiger partial charge in [-0.1, -0.05) is 0 Å². The van der Waals surface area contributed by atoms with Crippen molar-refractivity contribution in [2.75, 3.05) is 13.1 Å². The maximum atomic E-state index is 14.6. The molecule has 1 aliphatic heterocycles. The van der Waals surface area contributed by atoms with Gasteiger partial charge < -0.3 is 10.1 Å². The number of halogens is 1. The molecule has 1 saturated carbocycles. The van der Waals surface area contributed by atoms with E-state index in [4.69, 9.17) is 4.74 Å². The fraction of sp³-hybridized carbons (Fsp3) is 0.917. The number of hydrogen-bond donors (Lipinski definition) is 1. The van der Waals surface area contributed by atoms with Gasteiger partial charge in [-0.25, -0.2) is 4.39 Å². The normalized spacial score (nSPS) is 38.5. The SMILES string of the molecule is CC(C)(C)OC(=O)[C@]12CCC[C@@]1(F)CNC2. The van der Waals surface area contributed by atoms with Crippen LogP contribution in [-0.4, -0.2) is 30.3 Å². The number of hydrogen-bond acceptors (Lipinski definition) is 3. The van der Waals surface area contributed by atoms with Crippen molar-refractivity contribution < 1.29 is 13.9 Å². The first-order valence-corrected chi connectivity index (χ1v) is 5.92. The molecule has 3 nitrogen and oxygen atoms in total. The lowest BCUT2D eigenvalue weighted by molar-refractivity contribution is -0.172. The van der Waals surface area contributed by atoms with Crippen LogP contribution >= 0.6 is 0 Å². The van der Waals surface area contributed by atoms with Crippen molar-refractivity contribution in [1.82, 2.24) is 5.32 Å². The van der Waals surface area contributed by atoms with Crippen molar-refractivity contribution in [3.05, 3.63) is 0 Å². The standard InChI is InChI=1S/C12H20FNO2/c1-10(2,3)16-9(15)11-5-4-6-12(11,13)8-14-7-11/h14H,4-8H2,1-3H3/t11-,12-/m1/s1. The topological polar surface area (TPSA) is 38.3 Å². The number of carbonyl (C=O) groups excluding carboxylic acids is 1. The van der Waals surface area contributed by atoms with E-state index in [2.05, 4.69) is 5.32 Å². The largest absolute Gasteiger partial charge is 0.459 e. The molecule has 2 rings (SSSR count). The van der Waals surface area contributed by atoms with Crippen LogP contribution in [0.4, 0.5) is 4.39 Å². The number of carbonyl (C=O) groups is 1. The zero-order valence-electron chi connectivity index (χ0n) is 10.2. The minimum Gasteiger partial charge on any atom is -0.459 e. The van der Waals surface area contributed by atoms with Gasteiger partial charge in [0, 0.05) is 13.1 Å². The number of esters is 1. The number of ether oxygens (including phenoxy) is 1. The van der Waals surface area contributed by atoms with Gasteiger partial charge in [0.25, 0.3) is 0 Å². The smallest absolute Gasteiger partial charge is 0.317 e. The number of alkyl halides is 1. The van der Waals surface area contributed by atoms with E-state index in [1.165, 1.54) is 0 Å². The Morgan fingerprint density at radius 1 is 1.31 bits per heavy atom. The van der Waals surface area contributed by atoms with Gasteiger partial charge in [0.2, 0.25) is 0 Å². The summed E-state index contributed by atoms with van der Waals surface area (Å²) in [5, 5.41) is 3.00. The van der Waals surface area contributed by atoms with Crippen LogP contribution in [-0.2, 0) is 9.53 Å². The zero-order chi connectivity index (χ0) is 12.0. The molecule has 1 N–H and O–H groups in total. The van der Waals surface area contributed by atoms with Crippen molar-refractivity contribution in [2.45, 2.75) is 51.3 Å². The highest BCUT2D eigenvalue weighted by Gasteiger charge is 2.64. The molecule has 0 aromatic heterocycles. The molecule has 2 atom stereocenters. The molecule has 0 radical (unpaired) electrons. The van der Waals surface area contributed by atoms with Gasteiger partial charge in [-0.3, -0.25) is 4.79 Å². The van der Waals surface area contributed by atoms with Crippen molar-refractivity contribution in [3.63, 3.8) is 0 Å². The Hall–Kier alpha value is -0.640. The van der Waals surface area contributed by atoms with E-state index in [0.717, 1.165) is 6.42 Å². The summed E-state index contributed by atoms with van der Waals surface area (Å²) in [6.07, 6.45) is 1.85. The van der Waals surface area contributed by atoms with Gasteiger partial charge in [0.1, 0.15) is 16.7 Å². The Labute approximate surface area is 95.7 Å². The van der Waals surface area contributed by atoms with Gasteiger partial charge >= 0.3 is 5.97 Å². The van der Waals surface area contributed by atoms with Crippen molar-refractivity contribution >= 4 is 5.97 Å². The third-order valence-corrected chi connectivity index (χ3v) is 3.66. The van der Waals surface area contributed by atoms with Crippen LogP contribution in [0, 0.1) is 5.41 Å². The predicted octanol–water partition coefficient (Wildman–Crippen LogP) is 1.81. The first-order valence-electron chi connectivity index (χ1n) is 5.92. The molecule has 2 fully saturated rings. The molecule has 0 amide bonds. The molecule has 92 valence electrons. The van der Waals surface area contributed by atoms with E-state index in [-0.39, 0.29) is 12.5 Å². The Kier molecular flexibility index (Phi) is 2.53. The van der Waals surface area contributed by atoms with E-state index < -0.39 is 16.7 Å². The molecule has 1 heterocycles. The Bertz CT molecular complexity index is 299. The van der Waals surface area contributed by atoms with Crippen molar-refractivity contribution in [3.8, 4) is 0 Å². The summed E-state index contributed by atoms with van der Waals surface area (Å²) in [5.41, 5.74) is -2.87. The molecule has 0 aromatic rings. The molecule has 0 bridgehead atoms. The highest BCUT2D eigenvalue weighted by Crippen LogP contribution is 2.52. The van der Waals surface area contributed by atoms with Crippen LogP contribution in [0.3, 0.4) is 0 Å². The average Bonchev–Trinajstić information content (AvgIpc) is 2.54. The highest BCUT2D eigenvalue weighted by molar-refractivity contribution is 5.80.